The van der Waals surface area contributed by atoms with Gasteiger partial charge in [-0.05, 0) is 61.4 Å². The van der Waals surface area contributed by atoms with Crippen LogP contribution in [0.25, 0.3) is 22.0 Å². The second kappa shape index (κ2) is 8.85. The van der Waals surface area contributed by atoms with Gasteiger partial charge in [0.25, 0.3) is 0 Å². The van der Waals surface area contributed by atoms with Gasteiger partial charge in [0.15, 0.2) is 5.78 Å². The summed E-state index contributed by atoms with van der Waals surface area (Å²) in [6.07, 6.45) is 8.07. The maximum atomic E-state index is 13.0. The van der Waals surface area contributed by atoms with Crippen molar-refractivity contribution >= 4 is 22.4 Å². The van der Waals surface area contributed by atoms with Gasteiger partial charge in [-0.1, -0.05) is 26.8 Å². The number of aromatic nitrogens is 2. The van der Waals surface area contributed by atoms with Crippen molar-refractivity contribution < 1.29 is 4.79 Å². The smallest absolute Gasteiger partial charge is 0.169 e. The lowest BCUT2D eigenvalue weighted by Crippen LogP contribution is -2.26. The molecule has 3 aromatic rings. The lowest BCUT2D eigenvalue weighted by Gasteiger charge is -2.29. The highest BCUT2D eigenvalue weighted by Crippen LogP contribution is 2.34. The summed E-state index contributed by atoms with van der Waals surface area (Å²) in [6.45, 7) is 6.17. The summed E-state index contributed by atoms with van der Waals surface area (Å²) < 4.78 is 0. The first-order valence-corrected chi connectivity index (χ1v) is 11.1. The van der Waals surface area contributed by atoms with E-state index in [-0.39, 0.29) is 11.7 Å². The molecule has 2 aromatic heterocycles. The van der Waals surface area contributed by atoms with Gasteiger partial charge in [-0.25, -0.2) is 4.98 Å². The molecule has 0 radical (unpaired) electrons. The minimum Gasteiger partial charge on any atom is -0.381 e. The van der Waals surface area contributed by atoms with E-state index in [1.165, 1.54) is 12.8 Å². The van der Waals surface area contributed by atoms with Crippen molar-refractivity contribution in [2.24, 2.45) is 11.8 Å². The Labute approximate surface area is 183 Å². The number of anilines is 1. The van der Waals surface area contributed by atoms with E-state index in [1.807, 2.05) is 32.0 Å². The number of nitrogens with one attached hydrogen (secondary N) is 1. The normalized spacial score (nSPS) is 18.7. The number of fused-ring (bicyclic) bond motifs is 1. The van der Waals surface area contributed by atoms with Crippen LogP contribution in [0.5, 0.6) is 0 Å². The van der Waals surface area contributed by atoms with Crippen molar-refractivity contribution in [2.75, 3.05) is 5.32 Å². The molecule has 0 aliphatic heterocycles. The molecule has 5 nitrogen and oxygen atoms in total. The molecule has 0 unspecified atom stereocenters. The average Bonchev–Trinajstić information content (AvgIpc) is 2.80. The first kappa shape index (κ1) is 21.0. The lowest BCUT2D eigenvalue weighted by atomic mass is 9.87. The van der Waals surface area contributed by atoms with Crippen molar-refractivity contribution in [3.05, 3.63) is 54.0 Å². The zero-order valence-corrected chi connectivity index (χ0v) is 18.4. The number of Topliss-reactive ketones (excluding diaryl/α,β-unsaturated/α-hetero) is 1. The number of carbonyl (C=O) groups excluding carboxylic acids is 1. The van der Waals surface area contributed by atoms with Crippen molar-refractivity contribution in [2.45, 2.75) is 52.5 Å². The van der Waals surface area contributed by atoms with Crippen molar-refractivity contribution in [3.63, 3.8) is 0 Å². The predicted molar refractivity (Wildman–Crippen MR) is 124 cm³/mol. The highest BCUT2D eigenvalue weighted by molar-refractivity contribution is 6.09. The van der Waals surface area contributed by atoms with Gasteiger partial charge in [-0.3, -0.25) is 9.78 Å². The summed E-state index contributed by atoms with van der Waals surface area (Å²) in [5, 5.41) is 13.7. The number of pyridine rings is 2. The number of nitriles is 1. The van der Waals surface area contributed by atoms with Crippen LogP contribution in [0.1, 0.15) is 62.5 Å². The van der Waals surface area contributed by atoms with Crippen LogP contribution in [0.2, 0.25) is 0 Å². The van der Waals surface area contributed by atoms with E-state index in [0.717, 1.165) is 46.5 Å². The standard InChI is InChI=1S/C26H28N4O/c1-16(2)26(31)23-15-29-24-11-7-18(19-6-10-21(13-27)28-14-19)12-22(24)25(23)30-20-8-4-17(3)5-9-20/h6-7,10-12,14-17,20H,4-5,8-9H2,1-3H3,(H,29,30). The Morgan fingerprint density at radius 2 is 1.81 bits per heavy atom. The van der Waals surface area contributed by atoms with Crippen LogP contribution in [-0.4, -0.2) is 21.8 Å². The summed E-state index contributed by atoms with van der Waals surface area (Å²) in [6, 6.07) is 12.1. The van der Waals surface area contributed by atoms with Crippen LogP contribution in [0.4, 0.5) is 5.69 Å². The van der Waals surface area contributed by atoms with Crippen LogP contribution in [-0.2, 0) is 0 Å². The minimum absolute atomic E-state index is 0.0999. The van der Waals surface area contributed by atoms with E-state index in [9.17, 15) is 4.79 Å². The Morgan fingerprint density at radius 1 is 1.06 bits per heavy atom. The summed E-state index contributed by atoms with van der Waals surface area (Å²) in [5.41, 5.74) is 4.73. The van der Waals surface area contributed by atoms with Crippen molar-refractivity contribution in [1.29, 1.82) is 5.26 Å². The van der Waals surface area contributed by atoms with Gasteiger partial charge in [-0.15, -0.1) is 0 Å². The van der Waals surface area contributed by atoms with E-state index in [2.05, 4.69) is 34.3 Å². The molecular weight excluding hydrogens is 384 g/mol. The minimum atomic E-state index is -0.0999. The molecule has 1 fully saturated rings. The maximum absolute atomic E-state index is 13.0. The zero-order valence-electron chi connectivity index (χ0n) is 18.4. The molecule has 1 aliphatic rings. The summed E-state index contributed by atoms with van der Waals surface area (Å²) >= 11 is 0. The van der Waals surface area contributed by atoms with Gasteiger partial charge in [0.2, 0.25) is 0 Å². The van der Waals surface area contributed by atoms with E-state index >= 15 is 0 Å². The van der Waals surface area contributed by atoms with Crippen LogP contribution < -0.4 is 5.32 Å². The quantitative estimate of drug-likeness (QED) is 0.520. The highest BCUT2D eigenvalue weighted by Gasteiger charge is 2.23. The molecule has 0 spiro atoms. The number of benzene rings is 1. The number of carbonyl (C=O) groups is 1. The molecule has 1 saturated carbocycles. The second-order valence-electron chi connectivity index (χ2n) is 8.94. The van der Waals surface area contributed by atoms with Crippen LogP contribution in [0.3, 0.4) is 0 Å². The first-order valence-electron chi connectivity index (χ1n) is 11.1. The van der Waals surface area contributed by atoms with Crippen molar-refractivity contribution in [3.8, 4) is 17.2 Å². The molecule has 5 heteroatoms. The Balaban J connectivity index is 1.81. The number of nitrogens with zero attached hydrogens (tertiary/aromatic N) is 3. The van der Waals surface area contributed by atoms with E-state index in [4.69, 9.17) is 5.26 Å². The average molecular weight is 413 g/mol. The molecular formula is C26H28N4O. The first-order chi connectivity index (χ1) is 15.0. The molecule has 31 heavy (non-hydrogen) atoms. The maximum Gasteiger partial charge on any atom is 0.169 e. The Morgan fingerprint density at radius 3 is 2.45 bits per heavy atom. The van der Waals surface area contributed by atoms with Gasteiger partial charge in [0.05, 0.1) is 16.8 Å². The number of ketones is 1. The fourth-order valence-electron chi connectivity index (χ4n) is 4.26. The zero-order chi connectivity index (χ0) is 22.0. The SMILES string of the molecule is CC1CCC(Nc2c(C(=O)C(C)C)cnc3ccc(-c4ccc(C#N)nc4)cc23)CC1. The largest absolute Gasteiger partial charge is 0.381 e. The molecule has 0 saturated heterocycles. The van der Waals surface area contributed by atoms with Gasteiger partial charge < -0.3 is 5.32 Å². The lowest BCUT2D eigenvalue weighted by molar-refractivity contribution is 0.0940. The van der Waals surface area contributed by atoms with Crippen LogP contribution in [0.15, 0.2) is 42.7 Å². The molecule has 1 N–H and O–H groups in total. The monoisotopic (exact) mass is 412 g/mol. The molecule has 0 bridgehead atoms. The molecule has 1 aliphatic carbocycles. The summed E-state index contributed by atoms with van der Waals surface area (Å²) in [7, 11) is 0. The molecule has 0 amide bonds. The third-order valence-electron chi connectivity index (χ3n) is 6.23. The Hall–Kier alpha value is -3.26. The van der Waals surface area contributed by atoms with E-state index in [1.54, 1.807) is 18.5 Å². The van der Waals surface area contributed by atoms with Crippen LogP contribution >= 0.6 is 0 Å². The molecule has 1 aromatic carbocycles. The van der Waals surface area contributed by atoms with Crippen molar-refractivity contribution in [1.82, 2.24) is 9.97 Å². The topological polar surface area (TPSA) is 78.7 Å². The molecule has 2 heterocycles. The fraction of sp³-hybridized carbons (Fsp3) is 0.385. The number of rotatable bonds is 5. The van der Waals surface area contributed by atoms with Gasteiger partial charge in [0, 0.05) is 35.3 Å². The molecule has 0 atom stereocenters. The van der Waals surface area contributed by atoms with E-state index in [0.29, 0.717) is 17.3 Å². The number of hydrogen-bond donors (Lipinski definition) is 1. The van der Waals surface area contributed by atoms with Gasteiger partial charge >= 0.3 is 0 Å². The highest BCUT2D eigenvalue weighted by atomic mass is 16.1. The van der Waals surface area contributed by atoms with Gasteiger partial charge in [0.1, 0.15) is 11.8 Å². The summed E-state index contributed by atoms with van der Waals surface area (Å²) in [4.78, 5) is 21.8. The number of hydrogen-bond acceptors (Lipinski definition) is 5. The third-order valence-corrected chi connectivity index (χ3v) is 6.23. The van der Waals surface area contributed by atoms with E-state index < -0.39 is 0 Å². The van der Waals surface area contributed by atoms with Crippen LogP contribution in [0, 0.1) is 23.2 Å². The Bertz CT molecular complexity index is 1140. The second-order valence-corrected chi connectivity index (χ2v) is 8.94. The van der Waals surface area contributed by atoms with Gasteiger partial charge in [-0.2, -0.15) is 5.26 Å². The summed E-state index contributed by atoms with van der Waals surface area (Å²) in [5.74, 6) is 0.767. The molecule has 4 rings (SSSR count). The third kappa shape index (κ3) is 4.44. The Kier molecular flexibility index (Phi) is 5.99. The molecule has 158 valence electrons. The fourth-order valence-corrected chi connectivity index (χ4v) is 4.26. The predicted octanol–water partition coefficient (Wildman–Crippen LogP) is 6.00.